The molecule has 0 aliphatic carbocycles. The number of thiazole rings is 1. The van der Waals surface area contributed by atoms with Gasteiger partial charge in [0.15, 0.2) is 10.9 Å². The molecule has 3 rings (SSSR count). The van der Waals surface area contributed by atoms with Crippen molar-refractivity contribution < 1.29 is 23.2 Å². The zero-order chi connectivity index (χ0) is 17.5. The van der Waals surface area contributed by atoms with Crippen LogP contribution >= 0.6 is 35.1 Å². The van der Waals surface area contributed by atoms with Gasteiger partial charge in [-0.3, -0.25) is 9.05 Å². The molecule has 7 nitrogen and oxygen atoms in total. The smallest absolute Gasteiger partial charge is 0.402 e. The average Bonchev–Trinajstić information content (AvgIpc) is 2.89. The maximum atomic E-state index is 12.6. The van der Waals surface area contributed by atoms with Gasteiger partial charge in [0.05, 0.1) is 24.5 Å². The summed E-state index contributed by atoms with van der Waals surface area (Å²) < 4.78 is 30.3. The number of phosphoric acid groups is 1. The van der Waals surface area contributed by atoms with E-state index in [0.29, 0.717) is 16.4 Å². The van der Waals surface area contributed by atoms with E-state index in [-0.39, 0.29) is 31.7 Å². The Morgan fingerprint density at radius 2 is 2.21 bits per heavy atom. The van der Waals surface area contributed by atoms with Crippen molar-refractivity contribution in [1.29, 1.82) is 0 Å². The highest BCUT2D eigenvalue weighted by Crippen LogP contribution is 2.54. The van der Waals surface area contributed by atoms with Crippen LogP contribution in [0.3, 0.4) is 0 Å². The summed E-state index contributed by atoms with van der Waals surface area (Å²) in [5.74, 6) is 0.333. The highest BCUT2D eigenvalue weighted by Gasteiger charge is 2.36. The van der Waals surface area contributed by atoms with E-state index in [0.717, 1.165) is 14.7 Å². The van der Waals surface area contributed by atoms with Gasteiger partial charge in [0.2, 0.25) is 0 Å². The molecule has 1 aliphatic heterocycles. The Morgan fingerprint density at radius 3 is 2.79 bits per heavy atom. The molecular weight excluding hydrogens is 419 g/mol. The highest BCUT2D eigenvalue weighted by molar-refractivity contribution is 9.10. The second kappa shape index (κ2) is 6.90. The van der Waals surface area contributed by atoms with E-state index in [1.165, 1.54) is 11.3 Å². The molecule has 0 amide bonds. The first-order valence-electron chi connectivity index (χ1n) is 7.41. The van der Waals surface area contributed by atoms with Gasteiger partial charge >= 0.3 is 7.82 Å². The lowest BCUT2D eigenvalue weighted by Crippen LogP contribution is -2.25. The van der Waals surface area contributed by atoms with Gasteiger partial charge in [-0.2, -0.15) is 0 Å². The SMILES string of the molecule is CC(C)c1c(Br)cc(OP2(=O)OCC(CO)CO2)c2nc(N)sc12. The maximum absolute atomic E-state index is 12.6. The van der Waals surface area contributed by atoms with Crippen LogP contribution in [0.1, 0.15) is 25.3 Å². The molecular formula is C14H18BrN2O5PS. The third-order valence-electron chi connectivity index (χ3n) is 3.62. The minimum atomic E-state index is -3.75. The van der Waals surface area contributed by atoms with Crippen LogP contribution in [0.4, 0.5) is 5.13 Å². The summed E-state index contributed by atoms with van der Waals surface area (Å²) in [5, 5.41) is 9.50. The van der Waals surface area contributed by atoms with Gasteiger partial charge in [0.25, 0.3) is 0 Å². The number of aliphatic hydroxyl groups is 1. The Balaban J connectivity index is 1.99. The summed E-state index contributed by atoms with van der Waals surface area (Å²) in [7, 11) is -3.75. The van der Waals surface area contributed by atoms with E-state index in [2.05, 4.69) is 34.8 Å². The highest BCUT2D eigenvalue weighted by atomic mass is 79.9. The molecule has 1 aliphatic rings. The monoisotopic (exact) mass is 436 g/mol. The molecule has 1 saturated heterocycles. The lowest BCUT2D eigenvalue weighted by molar-refractivity contribution is 0.0365. The van der Waals surface area contributed by atoms with Gasteiger partial charge in [0, 0.05) is 10.4 Å². The number of hydrogen-bond donors (Lipinski definition) is 2. The van der Waals surface area contributed by atoms with Gasteiger partial charge in [0.1, 0.15) is 5.52 Å². The molecule has 2 heterocycles. The quantitative estimate of drug-likeness (QED) is 0.699. The van der Waals surface area contributed by atoms with Crippen LogP contribution in [0, 0.1) is 5.92 Å². The number of rotatable bonds is 4. The third kappa shape index (κ3) is 3.47. The Hall–Kier alpha value is -0.700. The van der Waals surface area contributed by atoms with Gasteiger partial charge < -0.3 is 15.4 Å². The first kappa shape index (κ1) is 18.1. The van der Waals surface area contributed by atoms with Crippen LogP contribution in [0.15, 0.2) is 10.5 Å². The van der Waals surface area contributed by atoms with E-state index in [4.69, 9.17) is 24.4 Å². The molecule has 2 aromatic rings. The molecule has 10 heteroatoms. The molecule has 0 bridgehead atoms. The second-order valence-corrected chi connectivity index (χ2v) is 9.31. The predicted molar refractivity (Wildman–Crippen MR) is 96.5 cm³/mol. The topological polar surface area (TPSA) is 104 Å². The molecule has 3 N–H and O–H groups in total. The van der Waals surface area contributed by atoms with Crippen LogP contribution in [0.25, 0.3) is 10.2 Å². The summed E-state index contributed by atoms with van der Waals surface area (Å²) in [5.41, 5.74) is 7.46. The van der Waals surface area contributed by atoms with Crippen molar-refractivity contribution in [3.63, 3.8) is 0 Å². The van der Waals surface area contributed by atoms with Gasteiger partial charge in [-0.05, 0) is 17.5 Å². The van der Waals surface area contributed by atoms with Crippen LogP contribution < -0.4 is 10.3 Å². The van der Waals surface area contributed by atoms with Crippen molar-refractivity contribution in [3.8, 4) is 5.75 Å². The molecule has 1 fully saturated rings. The largest absolute Gasteiger partial charge is 0.530 e. The summed E-state index contributed by atoms with van der Waals surface area (Å²) in [6, 6.07) is 1.71. The number of nitrogens with two attached hydrogens (primary N) is 1. The lowest BCUT2D eigenvalue weighted by atomic mass is 10.0. The van der Waals surface area contributed by atoms with E-state index < -0.39 is 7.82 Å². The minimum absolute atomic E-state index is 0.0957. The minimum Gasteiger partial charge on any atom is -0.402 e. The molecule has 1 aromatic heterocycles. The van der Waals surface area contributed by atoms with Crippen LogP contribution in [0.5, 0.6) is 5.75 Å². The molecule has 0 radical (unpaired) electrons. The molecule has 0 spiro atoms. The second-order valence-electron chi connectivity index (χ2n) is 5.83. The molecule has 0 atom stereocenters. The number of benzene rings is 1. The number of aliphatic hydroxyl groups excluding tert-OH is 1. The molecule has 132 valence electrons. The fourth-order valence-electron chi connectivity index (χ4n) is 2.42. The van der Waals surface area contributed by atoms with E-state index >= 15 is 0 Å². The lowest BCUT2D eigenvalue weighted by Gasteiger charge is -2.27. The van der Waals surface area contributed by atoms with E-state index in [1.54, 1.807) is 6.07 Å². The number of phosphoric ester groups is 1. The van der Waals surface area contributed by atoms with Crippen LogP contribution in [-0.4, -0.2) is 29.9 Å². The third-order valence-corrected chi connectivity index (χ3v) is 6.54. The van der Waals surface area contributed by atoms with Gasteiger partial charge in [-0.15, -0.1) is 0 Å². The average molecular weight is 437 g/mol. The maximum Gasteiger partial charge on any atom is 0.530 e. The van der Waals surface area contributed by atoms with Crippen molar-refractivity contribution in [2.24, 2.45) is 5.92 Å². The molecule has 0 unspecified atom stereocenters. The number of fused-ring (bicyclic) bond motifs is 1. The Bertz CT molecular complexity index is 800. The standard InChI is InChI=1S/C14H18BrN2O5PS/c1-7(2)11-9(15)3-10(12-13(11)24-14(16)17-12)22-23(19)20-5-8(4-18)6-21-23/h3,7-8,18H,4-6H2,1-2H3,(H2,16,17). The Labute approximate surface area is 151 Å². The van der Waals surface area contributed by atoms with E-state index in [1.807, 2.05) is 0 Å². The van der Waals surface area contributed by atoms with E-state index in [9.17, 15) is 4.57 Å². The zero-order valence-corrected chi connectivity index (χ0v) is 16.5. The van der Waals surface area contributed by atoms with Crippen molar-refractivity contribution in [3.05, 3.63) is 16.1 Å². The number of hydrogen-bond acceptors (Lipinski definition) is 8. The first-order chi connectivity index (χ1) is 11.3. The fraction of sp³-hybridized carbons (Fsp3) is 0.500. The fourth-order valence-corrected chi connectivity index (χ4v) is 5.81. The van der Waals surface area contributed by atoms with Crippen LogP contribution in [-0.2, 0) is 13.6 Å². The number of nitrogen functional groups attached to an aromatic ring is 1. The van der Waals surface area contributed by atoms with Gasteiger partial charge in [-0.1, -0.05) is 41.1 Å². The summed E-state index contributed by atoms with van der Waals surface area (Å²) in [6.07, 6.45) is 0. The van der Waals surface area contributed by atoms with Crippen molar-refractivity contribution in [2.75, 3.05) is 25.6 Å². The molecule has 1 aromatic carbocycles. The summed E-state index contributed by atoms with van der Waals surface area (Å²) >= 11 is 4.89. The van der Waals surface area contributed by atoms with Crippen molar-refractivity contribution in [2.45, 2.75) is 19.8 Å². The van der Waals surface area contributed by atoms with Crippen LogP contribution in [0.2, 0.25) is 0 Å². The summed E-state index contributed by atoms with van der Waals surface area (Å²) in [6.45, 7) is 4.27. The predicted octanol–water partition coefficient (Wildman–Crippen LogP) is 3.91. The molecule has 0 saturated carbocycles. The number of halogens is 1. The molecule has 24 heavy (non-hydrogen) atoms. The number of anilines is 1. The zero-order valence-electron chi connectivity index (χ0n) is 13.2. The number of aromatic nitrogens is 1. The normalized spacial score (nSPS) is 24.6. The van der Waals surface area contributed by atoms with Gasteiger partial charge in [-0.25, -0.2) is 9.55 Å². The van der Waals surface area contributed by atoms with Crippen molar-refractivity contribution in [1.82, 2.24) is 4.98 Å². The number of nitrogens with zero attached hydrogens (tertiary/aromatic N) is 1. The first-order valence-corrected chi connectivity index (χ1v) is 10.5. The Morgan fingerprint density at radius 1 is 1.54 bits per heavy atom. The summed E-state index contributed by atoms with van der Waals surface area (Å²) in [4.78, 5) is 4.30. The Kier molecular flexibility index (Phi) is 5.20. The van der Waals surface area contributed by atoms with Crippen molar-refractivity contribution >= 4 is 50.4 Å².